The highest BCUT2D eigenvalue weighted by molar-refractivity contribution is 5.36. The third-order valence-electron chi connectivity index (χ3n) is 3.13. The van der Waals surface area contributed by atoms with Crippen LogP contribution in [0, 0.1) is 0 Å². The van der Waals surface area contributed by atoms with Crippen molar-refractivity contribution in [3.05, 3.63) is 0 Å². The predicted molar refractivity (Wildman–Crippen MR) is 72.3 cm³/mol. The number of hydrogen-bond donors (Lipinski definition) is 1. The summed E-state index contributed by atoms with van der Waals surface area (Å²) in [5, 5.41) is 0. The van der Waals surface area contributed by atoms with Gasteiger partial charge in [0.05, 0.1) is 13.2 Å². The Hall–Kier alpha value is -1.63. The number of ether oxygens (including phenoxy) is 2. The van der Waals surface area contributed by atoms with Crippen LogP contribution in [0.2, 0.25) is 0 Å². The van der Waals surface area contributed by atoms with Crippen molar-refractivity contribution in [2.24, 2.45) is 0 Å². The van der Waals surface area contributed by atoms with Crippen LogP contribution in [0.5, 0.6) is 6.01 Å². The molecular formula is C12H21N5O2. The Bertz CT molecular complexity index is 432. The standard InChI is InChI=1S/C12H21N5O2/c1-4-12(2,3)19-11-15-9(13)14-10(16-11)17-5-7-18-8-6-17/h4-8H2,1-3H3,(H2,13,14,15,16). The van der Waals surface area contributed by atoms with Gasteiger partial charge in [0, 0.05) is 13.1 Å². The maximum atomic E-state index is 5.76. The van der Waals surface area contributed by atoms with Gasteiger partial charge in [-0.25, -0.2) is 0 Å². The lowest BCUT2D eigenvalue weighted by Crippen LogP contribution is -2.38. The minimum Gasteiger partial charge on any atom is -0.457 e. The van der Waals surface area contributed by atoms with Gasteiger partial charge >= 0.3 is 6.01 Å². The van der Waals surface area contributed by atoms with E-state index in [1.165, 1.54) is 0 Å². The van der Waals surface area contributed by atoms with Crippen LogP contribution >= 0.6 is 0 Å². The van der Waals surface area contributed by atoms with Gasteiger partial charge in [-0.05, 0) is 20.3 Å². The Labute approximate surface area is 113 Å². The van der Waals surface area contributed by atoms with E-state index in [9.17, 15) is 0 Å². The van der Waals surface area contributed by atoms with E-state index in [4.69, 9.17) is 15.2 Å². The molecule has 0 amide bonds. The Balaban J connectivity index is 2.19. The van der Waals surface area contributed by atoms with Crippen LogP contribution in [0.3, 0.4) is 0 Å². The Kier molecular flexibility index (Phi) is 4.04. The second-order valence-corrected chi connectivity index (χ2v) is 5.09. The average molecular weight is 267 g/mol. The zero-order valence-electron chi connectivity index (χ0n) is 11.7. The zero-order chi connectivity index (χ0) is 13.9. The molecule has 0 atom stereocenters. The van der Waals surface area contributed by atoms with Crippen molar-refractivity contribution in [3.63, 3.8) is 0 Å². The summed E-state index contributed by atoms with van der Waals surface area (Å²) in [5.74, 6) is 0.732. The molecule has 1 aromatic rings. The minimum atomic E-state index is -0.323. The number of morpholine rings is 1. The molecule has 0 aromatic carbocycles. The lowest BCUT2D eigenvalue weighted by Gasteiger charge is -2.28. The van der Waals surface area contributed by atoms with Gasteiger partial charge in [0.15, 0.2) is 0 Å². The number of rotatable bonds is 4. The molecule has 106 valence electrons. The highest BCUT2D eigenvalue weighted by Crippen LogP contribution is 2.20. The molecule has 2 rings (SSSR count). The number of anilines is 2. The average Bonchev–Trinajstić information content (AvgIpc) is 2.38. The lowest BCUT2D eigenvalue weighted by molar-refractivity contribution is 0.0919. The summed E-state index contributed by atoms with van der Waals surface area (Å²) >= 11 is 0. The summed E-state index contributed by atoms with van der Waals surface area (Å²) in [6.45, 7) is 8.86. The van der Waals surface area contributed by atoms with Gasteiger partial charge in [0.1, 0.15) is 5.60 Å². The van der Waals surface area contributed by atoms with E-state index in [-0.39, 0.29) is 17.6 Å². The fourth-order valence-electron chi connectivity index (χ4n) is 1.63. The Morgan fingerprint density at radius 1 is 1.26 bits per heavy atom. The third kappa shape index (κ3) is 3.66. The van der Waals surface area contributed by atoms with Gasteiger partial charge in [0.25, 0.3) is 0 Å². The molecule has 1 aliphatic rings. The minimum absolute atomic E-state index is 0.179. The van der Waals surface area contributed by atoms with Gasteiger partial charge in [-0.15, -0.1) is 0 Å². The second kappa shape index (κ2) is 5.56. The fourth-order valence-corrected chi connectivity index (χ4v) is 1.63. The molecule has 2 heterocycles. The third-order valence-corrected chi connectivity index (χ3v) is 3.13. The molecule has 0 spiro atoms. The van der Waals surface area contributed by atoms with Gasteiger partial charge in [-0.3, -0.25) is 0 Å². The van der Waals surface area contributed by atoms with Crippen molar-refractivity contribution in [1.82, 2.24) is 15.0 Å². The molecule has 0 aliphatic carbocycles. The highest BCUT2D eigenvalue weighted by atomic mass is 16.5. The molecule has 0 unspecified atom stereocenters. The van der Waals surface area contributed by atoms with Gasteiger partial charge in [-0.2, -0.15) is 15.0 Å². The van der Waals surface area contributed by atoms with Crippen LogP contribution in [-0.4, -0.2) is 46.9 Å². The Morgan fingerprint density at radius 3 is 2.58 bits per heavy atom. The van der Waals surface area contributed by atoms with Crippen LogP contribution in [0.4, 0.5) is 11.9 Å². The first kappa shape index (κ1) is 13.8. The van der Waals surface area contributed by atoms with Crippen molar-refractivity contribution >= 4 is 11.9 Å². The number of hydrogen-bond acceptors (Lipinski definition) is 7. The summed E-state index contributed by atoms with van der Waals surface area (Å²) in [4.78, 5) is 14.6. The zero-order valence-corrected chi connectivity index (χ0v) is 11.7. The molecule has 7 heteroatoms. The molecule has 7 nitrogen and oxygen atoms in total. The number of nitrogen functional groups attached to an aromatic ring is 1. The predicted octanol–water partition coefficient (Wildman–Crippen LogP) is 0.858. The molecule has 0 radical (unpaired) electrons. The second-order valence-electron chi connectivity index (χ2n) is 5.09. The van der Waals surface area contributed by atoms with Crippen LogP contribution in [0.15, 0.2) is 0 Å². The SMILES string of the molecule is CCC(C)(C)Oc1nc(N)nc(N2CCOCC2)n1. The maximum absolute atomic E-state index is 5.76. The Morgan fingerprint density at radius 2 is 1.95 bits per heavy atom. The van der Waals surface area contributed by atoms with E-state index in [1.807, 2.05) is 25.7 Å². The van der Waals surface area contributed by atoms with E-state index in [2.05, 4.69) is 15.0 Å². The van der Waals surface area contributed by atoms with E-state index in [1.54, 1.807) is 0 Å². The maximum Gasteiger partial charge on any atom is 0.323 e. The number of aromatic nitrogens is 3. The molecule has 0 bridgehead atoms. The van der Waals surface area contributed by atoms with Crippen molar-refractivity contribution in [2.45, 2.75) is 32.8 Å². The molecule has 1 fully saturated rings. The molecule has 1 aliphatic heterocycles. The van der Waals surface area contributed by atoms with E-state index in [0.717, 1.165) is 19.5 Å². The first-order chi connectivity index (χ1) is 9.00. The molecule has 0 saturated carbocycles. The number of nitrogens with two attached hydrogens (primary N) is 1. The van der Waals surface area contributed by atoms with E-state index in [0.29, 0.717) is 19.2 Å². The fraction of sp³-hybridized carbons (Fsp3) is 0.750. The lowest BCUT2D eigenvalue weighted by atomic mass is 10.1. The van der Waals surface area contributed by atoms with E-state index < -0.39 is 0 Å². The van der Waals surface area contributed by atoms with Gasteiger partial charge in [0.2, 0.25) is 11.9 Å². The van der Waals surface area contributed by atoms with Crippen LogP contribution in [0.1, 0.15) is 27.2 Å². The summed E-state index contributed by atoms with van der Waals surface area (Å²) in [6, 6.07) is 0.279. The van der Waals surface area contributed by atoms with E-state index >= 15 is 0 Å². The summed E-state index contributed by atoms with van der Waals surface area (Å²) in [6.07, 6.45) is 0.853. The molecule has 19 heavy (non-hydrogen) atoms. The molecule has 1 aromatic heterocycles. The summed E-state index contributed by atoms with van der Waals surface area (Å²) < 4.78 is 11.1. The highest BCUT2D eigenvalue weighted by Gasteiger charge is 2.21. The first-order valence-electron chi connectivity index (χ1n) is 6.53. The largest absolute Gasteiger partial charge is 0.457 e. The number of nitrogens with zero attached hydrogens (tertiary/aromatic N) is 4. The normalized spacial score (nSPS) is 16.5. The van der Waals surface area contributed by atoms with Crippen molar-refractivity contribution in [2.75, 3.05) is 36.9 Å². The van der Waals surface area contributed by atoms with Crippen molar-refractivity contribution in [1.29, 1.82) is 0 Å². The molecule has 1 saturated heterocycles. The van der Waals surface area contributed by atoms with Gasteiger partial charge < -0.3 is 20.1 Å². The van der Waals surface area contributed by atoms with Crippen LogP contribution in [0.25, 0.3) is 0 Å². The van der Waals surface area contributed by atoms with Crippen LogP contribution < -0.4 is 15.4 Å². The van der Waals surface area contributed by atoms with Crippen molar-refractivity contribution < 1.29 is 9.47 Å². The van der Waals surface area contributed by atoms with Gasteiger partial charge in [-0.1, -0.05) is 6.92 Å². The monoisotopic (exact) mass is 267 g/mol. The summed E-state index contributed by atoms with van der Waals surface area (Å²) in [5.41, 5.74) is 5.40. The molecule has 2 N–H and O–H groups in total. The topological polar surface area (TPSA) is 86.4 Å². The summed E-state index contributed by atoms with van der Waals surface area (Å²) in [7, 11) is 0. The smallest absolute Gasteiger partial charge is 0.323 e. The molecular weight excluding hydrogens is 246 g/mol. The quantitative estimate of drug-likeness (QED) is 0.865. The first-order valence-corrected chi connectivity index (χ1v) is 6.53. The van der Waals surface area contributed by atoms with Crippen molar-refractivity contribution in [3.8, 4) is 6.01 Å². The van der Waals surface area contributed by atoms with Crippen LogP contribution in [-0.2, 0) is 4.74 Å².